The highest BCUT2D eigenvalue weighted by Crippen LogP contribution is 2.35. The molecular formula is C12H19FN2O3. The third-order valence-electron chi connectivity index (χ3n) is 2.74. The minimum absolute atomic E-state index is 0.0876. The number of rotatable bonds is 3. The van der Waals surface area contributed by atoms with Crippen LogP contribution in [0.1, 0.15) is 33.6 Å². The second kappa shape index (κ2) is 5.11. The van der Waals surface area contributed by atoms with Crippen LogP contribution in [0.3, 0.4) is 0 Å². The van der Waals surface area contributed by atoms with Gasteiger partial charge >= 0.3 is 6.09 Å². The number of aliphatic hydroxyl groups is 1. The quantitative estimate of drug-likeness (QED) is 0.838. The summed E-state index contributed by atoms with van der Waals surface area (Å²) in [5, 5.41) is 17.6. The average molecular weight is 258 g/mol. The number of hydrogen-bond acceptors (Lipinski definition) is 4. The molecule has 0 bridgehead atoms. The van der Waals surface area contributed by atoms with Gasteiger partial charge in [-0.25, -0.2) is 9.18 Å². The molecule has 0 saturated carbocycles. The summed E-state index contributed by atoms with van der Waals surface area (Å²) in [6, 6.07) is 2.09. The summed E-state index contributed by atoms with van der Waals surface area (Å²) in [6.07, 6.45) is -2.23. The number of carbonyl (C=O) groups excluding carboxylic acids is 1. The van der Waals surface area contributed by atoms with E-state index in [1.165, 1.54) is 4.90 Å². The van der Waals surface area contributed by atoms with Gasteiger partial charge in [0.25, 0.3) is 0 Å². The van der Waals surface area contributed by atoms with E-state index >= 15 is 0 Å². The van der Waals surface area contributed by atoms with Crippen LogP contribution in [-0.2, 0) is 4.74 Å². The first-order valence-corrected chi connectivity index (χ1v) is 5.89. The molecule has 1 heterocycles. The van der Waals surface area contributed by atoms with Gasteiger partial charge in [-0.2, -0.15) is 5.26 Å². The average Bonchev–Trinajstić information content (AvgIpc) is 2.13. The molecule has 0 radical (unpaired) electrons. The van der Waals surface area contributed by atoms with E-state index in [1.54, 1.807) is 20.8 Å². The van der Waals surface area contributed by atoms with Crippen molar-refractivity contribution in [3.05, 3.63) is 0 Å². The lowest BCUT2D eigenvalue weighted by Crippen LogP contribution is -2.58. The zero-order valence-corrected chi connectivity index (χ0v) is 10.9. The number of carbonyl (C=O) groups is 1. The summed E-state index contributed by atoms with van der Waals surface area (Å²) in [4.78, 5) is 13.1. The fourth-order valence-electron chi connectivity index (χ4n) is 1.82. The fourth-order valence-corrected chi connectivity index (χ4v) is 1.82. The molecule has 1 aliphatic heterocycles. The first-order chi connectivity index (χ1) is 8.17. The Morgan fingerprint density at radius 2 is 2.17 bits per heavy atom. The Morgan fingerprint density at radius 1 is 1.61 bits per heavy atom. The molecule has 0 spiro atoms. The van der Waals surface area contributed by atoms with Gasteiger partial charge in [-0.15, -0.1) is 0 Å². The van der Waals surface area contributed by atoms with Crippen LogP contribution in [0.15, 0.2) is 0 Å². The van der Waals surface area contributed by atoms with Gasteiger partial charge in [-0.3, -0.25) is 0 Å². The smallest absolute Gasteiger partial charge is 0.410 e. The minimum atomic E-state index is -1.91. The van der Waals surface area contributed by atoms with Crippen molar-refractivity contribution in [2.75, 3.05) is 13.1 Å². The second-order valence-electron chi connectivity index (χ2n) is 5.70. The molecule has 1 atom stereocenters. The number of ether oxygens (including phenoxy) is 1. The van der Waals surface area contributed by atoms with Crippen molar-refractivity contribution in [1.82, 2.24) is 4.90 Å². The molecule has 18 heavy (non-hydrogen) atoms. The predicted octanol–water partition coefficient (Wildman–Crippen LogP) is 1.82. The van der Waals surface area contributed by atoms with Crippen LogP contribution in [0.2, 0.25) is 0 Å². The Balaban J connectivity index is 2.45. The Bertz CT molecular complexity index is 351. The highest BCUT2D eigenvalue weighted by molar-refractivity contribution is 5.69. The molecule has 1 amide bonds. The Hall–Kier alpha value is -1.35. The SMILES string of the molecule is CC(C)(C)OC(=O)N1CC(C#N)(CC[C@@H](O)F)C1. The van der Waals surface area contributed by atoms with Crippen LogP contribution in [-0.4, -0.2) is 41.1 Å². The third kappa shape index (κ3) is 3.84. The maximum atomic E-state index is 12.3. The number of aliphatic hydroxyl groups excluding tert-OH is 1. The molecule has 5 nitrogen and oxygen atoms in total. The van der Waals surface area contributed by atoms with E-state index in [0.29, 0.717) is 0 Å². The first kappa shape index (κ1) is 14.7. The molecule has 1 rings (SSSR count). The molecule has 6 heteroatoms. The van der Waals surface area contributed by atoms with Crippen molar-refractivity contribution in [1.29, 1.82) is 5.26 Å². The zero-order valence-electron chi connectivity index (χ0n) is 10.9. The molecule has 1 saturated heterocycles. The molecule has 0 aromatic heterocycles. The molecule has 1 fully saturated rings. The first-order valence-electron chi connectivity index (χ1n) is 5.89. The van der Waals surface area contributed by atoms with E-state index in [0.717, 1.165) is 0 Å². The van der Waals surface area contributed by atoms with Crippen molar-refractivity contribution in [2.45, 2.75) is 45.6 Å². The number of alkyl halides is 1. The van der Waals surface area contributed by atoms with E-state index in [4.69, 9.17) is 15.1 Å². The van der Waals surface area contributed by atoms with Gasteiger partial charge in [0, 0.05) is 19.5 Å². The number of likely N-dealkylation sites (tertiary alicyclic amines) is 1. The molecule has 1 aliphatic rings. The van der Waals surface area contributed by atoms with Crippen LogP contribution < -0.4 is 0 Å². The number of halogens is 1. The summed E-state index contributed by atoms with van der Waals surface area (Å²) in [6.45, 7) is 5.75. The molecule has 102 valence electrons. The van der Waals surface area contributed by atoms with E-state index in [2.05, 4.69) is 6.07 Å². The molecule has 0 aliphatic carbocycles. The Morgan fingerprint density at radius 3 is 2.56 bits per heavy atom. The topological polar surface area (TPSA) is 73.6 Å². The van der Waals surface area contributed by atoms with Crippen molar-refractivity contribution in [3.8, 4) is 6.07 Å². The molecule has 0 aromatic rings. The standard InChI is InChI=1S/C12H19FN2O3/c1-11(2,3)18-10(17)15-7-12(6-14,8-15)5-4-9(13)16/h9,16H,4-5,7-8H2,1-3H3/t9-/m1/s1. The molecule has 0 aromatic carbocycles. The normalized spacial score (nSPS) is 19.7. The molecular weight excluding hydrogens is 239 g/mol. The zero-order chi connectivity index (χ0) is 14.0. The Kier molecular flexibility index (Phi) is 4.17. The summed E-state index contributed by atoms with van der Waals surface area (Å²) in [7, 11) is 0. The van der Waals surface area contributed by atoms with Gasteiger partial charge in [0.05, 0.1) is 11.5 Å². The van der Waals surface area contributed by atoms with E-state index in [-0.39, 0.29) is 25.9 Å². The van der Waals surface area contributed by atoms with Crippen molar-refractivity contribution >= 4 is 6.09 Å². The highest BCUT2D eigenvalue weighted by Gasteiger charge is 2.46. The van der Waals surface area contributed by atoms with Crippen LogP contribution in [0.25, 0.3) is 0 Å². The van der Waals surface area contributed by atoms with Crippen LogP contribution in [0.4, 0.5) is 9.18 Å². The molecule has 1 N–H and O–H groups in total. The summed E-state index contributed by atoms with van der Waals surface area (Å²) >= 11 is 0. The lowest BCUT2D eigenvalue weighted by molar-refractivity contribution is -0.0296. The van der Waals surface area contributed by atoms with Crippen LogP contribution in [0.5, 0.6) is 0 Å². The largest absolute Gasteiger partial charge is 0.444 e. The fraction of sp³-hybridized carbons (Fsp3) is 0.833. The van der Waals surface area contributed by atoms with Gasteiger partial charge in [0.1, 0.15) is 5.60 Å². The van der Waals surface area contributed by atoms with Gasteiger partial charge in [-0.05, 0) is 27.2 Å². The number of hydrogen-bond donors (Lipinski definition) is 1. The van der Waals surface area contributed by atoms with Gasteiger partial charge < -0.3 is 14.7 Å². The lowest BCUT2D eigenvalue weighted by Gasteiger charge is -2.45. The summed E-state index contributed by atoms with van der Waals surface area (Å²) in [5.41, 5.74) is -1.32. The van der Waals surface area contributed by atoms with E-state index in [9.17, 15) is 9.18 Å². The van der Waals surface area contributed by atoms with Gasteiger partial charge in [0.15, 0.2) is 6.36 Å². The third-order valence-corrected chi connectivity index (χ3v) is 2.74. The van der Waals surface area contributed by atoms with E-state index < -0.39 is 23.5 Å². The predicted molar refractivity (Wildman–Crippen MR) is 62.2 cm³/mol. The monoisotopic (exact) mass is 258 g/mol. The number of nitrogens with zero attached hydrogens (tertiary/aromatic N) is 2. The Labute approximate surface area is 106 Å². The lowest BCUT2D eigenvalue weighted by atomic mass is 9.77. The summed E-state index contributed by atoms with van der Waals surface area (Å²) < 4.78 is 17.5. The second-order valence-corrected chi connectivity index (χ2v) is 5.70. The van der Waals surface area contributed by atoms with Gasteiger partial charge in [0.2, 0.25) is 0 Å². The number of nitriles is 1. The van der Waals surface area contributed by atoms with Crippen LogP contribution in [0, 0.1) is 16.7 Å². The minimum Gasteiger partial charge on any atom is -0.444 e. The van der Waals surface area contributed by atoms with Gasteiger partial charge in [-0.1, -0.05) is 0 Å². The highest BCUT2D eigenvalue weighted by atomic mass is 19.1. The van der Waals surface area contributed by atoms with Crippen molar-refractivity contribution < 1.29 is 19.0 Å². The maximum Gasteiger partial charge on any atom is 0.410 e. The maximum absolute atomic E-state index is 12.3. The van der Waals surface area contributed by atoms with Crippen LogP contribution >= 0.6 is 0 Å². The van der Waals surface area contributed by atoms with Crippen molar-refractivity contribution in [3.63, 3.8) is 0 Å². The van der Waals surface area contributed by atoms with E-state index in [1.807, 2.05) is 0 Å². The van der Waals surface area contributed by atoms with Crippen molar-refractivity contribution in [2.24, 2.45) is 5.41 Å². The number of amides is 1. The molecule has 0 unspecified atom stereocenters. The summed E-state index contributed by atoms with van der Waals surface area (Å²) in [5.74, 6) is 0.